The molecule has 0 atom stereocenters. The Hall–Kier alpha value is -3.07. The second-order valence-electron chi connectivity index (χ2n) is 5.06. The zero-order valence-corrected chi connectivity index (χ0v) is 11.9. The molecule has 0 fully saturated rings. The fraction of sp³-hybridized carbons (Fsp3) is 0. The summed E-state index contributed by atoms with van der Waals surface area (Å²) in [5, 5.41) is 0. The Morgan fingerprint density at radius 3 is 2.05 bits per heavy atom. The highest BCUT2D eigenvalue weighted by molar-refractivity contribution is 5.81. The Kier molecular flexibility index (Phi) is 3.09. The summed E-state index contributed by atoms with van der Waals surface area (Å²) in [7, 11) is 0. The van der Waals surface area contributed by atoms with Crippen LogP contribution in [-0.2, 0) is 0 Å². The van der Waals surface area contributed by atoms with Crippen LogP contribution in [0.25, 0.3) is 28.0 Å². The summed E-state index contributed by atoms with van der Waals surface area (Å²) in [6.45, 7) is 0. The normalized spacial score (nSPS) is 10.7. The summed E-state index contributed by atoms with van der Waals surface area (Å²) in [5.74, 6) is 0. The molecule has 0 N–H and O–H groups in total. The van der Waals surface area contributed by atoms with Crippen molar-refractivity contribution in [2.75, 3.05) is 0 Å². The van der Waals surface area contributed by atoms with E-state index in [9.17, 15) is 0 Å². The van der Waals surface area contributed by atoms with Crippen molar-refractivity contribution in [2.24, 2.45) is 0 Å². The van der Waals surface area contributed by atoms with E-state index in [2.05, 4.69) is 32.7 Å². The smallest absolute Gasteiger partial charge is 0.211 e. The van der Waals surface area contributed by atoms with Crippen LogP contribution in [0.15, 0.2) is 85.5 Å². The quantitative estimate of drug-likeness (QED) is 0.527. The number of hydrogen-bond acceptors (Lipinski definition) is 2. The Morgan fingerprint density at radius 1 is 0.682 bits per heavy atom. The third-order valence-electron chi connectivity index (χ3n) is 3.66. The maximum Gasteiger partial charge on any atom is 0.211 e. The Balaban J connectivity index is 2.04. The first-order chi connectivity index (χ1) is 10.9. The monoisotopic (exact) mass is 284 g/mol. The summed E-state index contributed by atoms with van der Waals surface area (Å²) in [6, 6.07) is 20.2. The van der Waals surface area contributed by atoms with Crippen molar-refractivity contribution in [1.29, 1.82) is 0 Å². The van der Waals surface area contributed by atoms with Gasteiger partial charge in [-0.1, -0.05) is 12.1 Å². The number of aromatic nitrogens is 3. The second kappa shape index (κ2) is 5.37. The van der Waals surface area contributed by atoms with Gasteiger partial charge in [-0.3, -0.25) is 9.97 Å². The summed E-state index contributed by atoms with van der Waals surface area (Å²) in [6.07, 6.45) is 7.79. The van der Waals surface area contributed by atoms with Gasteiger partial charge < -0.3 is 0 Å². The van der Waals surface area contributed by atoms with Crippen LogP contribution in [0.4, 0.5) is 0 Å². The maximum absolute atomic E-state index is 4.50. The third kappa shape index (κ3) is 2.23. The zero-order chi connectivity index (χ0) is 14.8. The number of nitrogens with zero attached hydrogens (tertiary/aromatic N) is 3. The minimum Gasteiger partial charge on any atom is -0.256 e. The zero-order valence-electron chi connectivity index (χ0n) is 11.9. The number of fused-ring (bicyclic) bond motifs is 1. The molecular formula is C19H14N3+. The van der Waals surface area contributed by atoms with Gasteiger partial charge in [0, 0.05) is 36.2 Å². The standard InChI is InChI=1S/C19H14N3/c1-4-10-20-18(8-1)16-13-15-7-3-6-12-22(15)14-17(16)19-9-2-5-11-21-19/h1-14H/q+1. The predicted octanol–water partition coefficient (Wildman–Crippen LogP) is 3.55. The largest absolute Gasteiger partial charge is 0.256 e. The van der Waals surface area contributed by atoms with Gasteiger partial charge in [-0.2, -0.15) is 4.40 Å². The topological polar surface area (TPSA) is 29.9 Å². The first-order valence-electron chi connectivity index (χ1n) is 7.19. The molecule has 104 valence electrons. The molecule has 0 saturated carbocycles. The molecule has 0 aliphatic rings. The number of pyridine rings is 4. The maximum atomic E-state index is 4.50. The first kappa shape index (κ1) is 12.7. The fourth-order valence-corrected chi connectivity index (χ4v) is 2.60. The van der Waals surface area contributed by atoms with E-state index in [-0.39, 0.29) is 0 Å². The van der Waals surface area contributed by atoms with Gasteiger partial charge in [0.2, 0.25) is 5.52 Å². The van der Waals surface area contributed by atoms with E-state index in [1.807, 2.05) is 67.1 Å². The Labute approximate surface area is 128 Å². The van der Waals surface area contributed by atoms with Gasteiger partial charge in [0.05, 0.1) is 17.0 Å². The van der Waals surface area contributed by atoms with E-state index >= 15 is 0 Å². The number of rotatable bonds is 2. The first-order valence-corrected chi connectivity index (χ1v) is 7.19. The molecule has 0 amide bonds. The van der Waals surface area contributed by atoms with Crippen LogP contribution in [0.5, 0.6) is 0 Å². The van der Waals surface area contributed by atoms with E-state index in [1.165, 1.54) is 0 Å². The summed E-state index contributed by atoms with van der Waals surface area (Å²) in [4.78, 5) is 9.01. The predicted molar refractivity (Wildman–Crippen MR) is 86.1 cm³/mol. The molecule has 22 heavy (non-hydrogen) atoms. The van der Waals surface area contributed by atoms with E-state index in [1.54, 1.807) is 0 Å². The Bertz CT molecular complexity index is 841. The molecule has 0 aromatic carbocycles. The van der Waals surface area contributed by atoms with Crippen LogP contribution < -0.4 is 4.40 Å². The van der Waals surface area contributed by atoms with Gasteiger partial charge in [-0.05, 0) is 30.3 Å². The lowest BCUT2D eigenvalue weighted by Gasteiger charge is -2.07. The molecule has 4 rings (SSSR count). The van der Waals surface area contributed by atoms with E-state index < -0.39 is 0 Å². The lowest BCUT2D eigenvalue weighted by molar-refractivity contribution is -0.511. The molecule has 0 aliphatic carbocycles. The van der Waals surface area contributed by atoms with Crippen molar-refractivity contribution < 1.29 is 4.40 Å². The van der Waals surface area contributed by atoms with Gasteiger partial charge in [0.25, 0.3) is 0 Å². The van der Waals surface area contributed by atoms with Crippen LogP contribution >= 0.6 is 0 Å². The van der Waals surface area contributed by atoms with Gasteiger partial charge >= 0.3 is 0 Å². The van der Waals surface area contributed by atoms with Crippen LogP contribution in [0, 0.1) is 0 Å². The molecule has 3 nitrogen and oxygen atoms in total. The minimum absolute atomic E-state index is 0.946. The molecule has 4 aromatic rings. The minimum atomic E-state index is 0.946. The van der Waals surface area contributed by atoms with Crippen molar-refractivity contribution in [1.82, 2.24) is 9.97 Å². The molecule has 0 saturated heterocycles. The van der Waals surface area contributed by atoms with Crippen LogP contribution in [0.3, 0.4) is 0 Å². The average molecular weight is 284 g/mol. The highest BCUT2D eigenvalue weighted by Gasteiger charge is 2.15. The summed E-state index contributed by atoms with van der Waals surface area (Å²) < 4.78 is 2.11. The fourth-order valence-electron chi connectivity index (χ4n) is 2.60. The molecule has 0 bridgehead atoms. The molecule has 4 heterocycles. The third-order valence-corrected chi connectivity index (χ3v) is 3.66. The average Bonchev–Trinajstić information content (AvgIpc) is 2.62. The second-order valence-corrected chi connectivity index (χ2v) is 5.06. The van der Waals surface area contributed by atoms with Crippen molar-refractivity contribution in [3.05, 3.63) is 85.5 Å². The highest BCUT2D eigenvalue weighted by atomic mass is 14.8. The van der Waals surface area contributed by atoms with Crippen LogP contribution in [0.2, 0.25) is 0 Å². The van der Waals surface area contributed by atoms with E-state index in [4.69, 9.17) is 0 Å². The molecule has 3 heteroatoms. The van der Waals surface area contributed by atoms with Crippen molar-refractivity contribution in [2.45, 2.75) is 0 Å². The van der Waals surface area contributed by atoms with Gasteiger partial charge in [-0.25, -0.2) is 0 Å². The Morgan fingerprint density at radius 2 is 1.36 bits per heavy atom. The lowest BCUT2D eigenvalue weighted by Crippen LogP contribution is -2.21. The van der Waals surface area contributed by atoms with Crippen LogP contribution in [-0.4, -0.2) is 9.97 Å². The van der Waals surface area contributed by atoms with Gasteiger partial charge in [0.15, 0.2) is 12.4 Å². The molecule has 0 unspecified atom stereocenters. The molecule has 4 aromatic heterocycles. The SMILES string of the molecule is c1ccc(-c2cc3cccc[n+]3cc2-c2ccccn2)nc1. The van der Waals surface area contributed by atoms with Gasteiger partial charge in [0.1, 0.15) is 0 Å². The van der Waals surface area contributed by atoms with Crippen molar-refractivity contribution in [3.63, 3.8) is 0 Å². The molecule has 0 aliphatic heterocycles. The summed E-state index contributed by atoms with van der Waals surface area (Å²) in [5.41, 5.74) is 5.19. The van der Waals surface area contributed by atoms with Gasteiger partial charge in [-0.15, -0.1) is 0 Å². The molecular weight excluding hydrogens is 270 g/mol. The van der Waals surface area contributed by atoms with E-state index in [0.29, 0.717) is 0 Å². The molecule has 0 spiro atoms. The summed E-state index contributed by atoms with van der Waals surface area (Å²) >= 11 is 0. The van der Waals surface area contributed by atoms with Crippen LogP contribution in [0.1, 0.15) is 0 Å². The van der Waals surface area contributed by atoms with Crippen molar-refractivity contribution in [3.8, 4) is 22.5 Å². The van der Waals surface area contributed by atoms with Crippen molar-refractivity contribution >= 4 is 5.52 Å². The molecule has 0 radical (unpaired) electrons. The van der Waals surface area contributed by atoms with E-state index in [0.717, 1.165) is 28.0 Å². The number of hydrogen-bond donors (Lipinski definition) is 0. The highest BCUT2D eigenvalue weighted by Crippen LogP contribution is 2.29. The lowest BCUT2D eigenvalue weighted by atomic mass is 10.0.